The van der Waals surface area contributed by atoms with Gasteiger partial charge in [-0.25, -0.2) is 0 Å². The number of rotatable bonds is 7. The summed E-state index contributed by atoms with van der Waals surface area (Å²) in [4.78, 5) is 16.6. The molecule has 1 unspecified atom stereocenters. The molecule has 1 fully saturated rings. The van der Waals surface area contributed by atoms with Crippen molar-refractivity contribution in [3.8, 4) is 28.7 Å². The van der Waals surface area contributed by atoms with Crippen LogP contribution in [0, 0.1) is 13.8 Å². The van der Waals surface area contributed by atoms with Gasteiger partial charge in [0.25, 0.3) is 0 Å². The van der Waals surface area contributed by atoms with Crippen LogP contribution in [0.2, 0.25) is 0 Å². The van der Waals surface area contributed by atoms with Crippen LogP contribution in [0.4, 0.5) is 13.2 Å². The summed E-state index contributed by atoms with van der Waals surface area (Å²) in [6.07, 6.45) is -1.15. The summed E-state index contributed by atoms with van der Waals surface area (Å²) in [6, 6.07) is 5.55. The average molecular weight is 696 g/mol. The fourth-order valence-electron chi connectivity index (χ4n) is 8.44. The molecule has 0 saturated carbocycles. The highest BCUT2D eigenvalue weighted by atomic mass is 19.4. The van der Waals surface area contributed by atoms with E-state index in [-0.39, 0.29) is 24.6 Å². The number of methoxy groups -OCH3 is 1. The van der Waals surface area contributed by atoms with Crippen molar-refractivity contribution in [2.24, 2.45) is 0 Å². The van der Waals surface area contributed by atoms with Crippen molar-refractivity contribution in [1.29, 1.82) is 0 Å². The summed E-state index contributed by atoms with van der Waals surface area (Å²) < 4.78 is 63.2. The fourth-order valence-corrected chi connectivity index (χ4v) is 8.44. The molecule has 0 aromatic heterocycles. The third-order valence-corrected chi connectivity index (χ3v) is 10.5. The molecule has 0 spiro atoms. The lowest BCUT2D eigenvalue weighted by atomic mass is 9.73. The van der Waals surface area contributed by atoms with Crippen molar-refractivity contribution in [2.75, 3.05) is 34.0 Å². The second-order valence-corrected chi connectivity index (χ2v) is 13.4. The maximum absolute atomic E-state index is 13.3. The molecule has 4 aliphatic rings. The highest BCUT2D eigenvalue weighted by Crippen LogP contribution is 2.58. The lowest BCUT2D eigenvalue weighted by Crippen LogP contribution is -2.69. The molecule has 50 heavy (non-hydrogen) atoms. The van der Waals surface area contributed by atoms with E-state index in [0.717, 1.165) is 39.9 Å². The van der Waals surface area contributed by atoms with E-state index in [0.29, 0.717) is 60.1 Å². The van der Waals surface area contributed by atoms with Gasteiger partial charge in [0.2, 0.25) is 6.79 Å². The van der Waals surface area contributed by atoms with Gasteiger partial charge >= 0.3 is 12.1 Å². The molecule has 5 atom stereocenters. The number of likely N-dealkylation sites (N-methyl/N-ethyl adjacent to an activating group) is 1. The number of nitrogens with zero attached hydrogens (tertiary/aromatic N) is 2. The van der Waals surface area contributed by atoms with Gasteiger partial charge in [0.15, 0.2) is 23.0 Å². The molecule has 3 N–H and O–H groups in total. The lowest BCUT2D eigenvalue weighted by Gasteiger charge is -2.60. The number of aliphatic hydroxyl groups is 1. The van der Waals surface area contributed by atoms with Crippen LogP contribution in [0.1, 0.15) is 63.5 Å². The molecular formula is C37H40F3N3O7. The summed E-state index contributed by atoms with van der Waals surface area (Å²) >= 11 is 0. The minimum absolute atomic E-state index is 0.0215. The normalized spacial score (nSPS) is 24.1. The zero-order valence-electron chi connectivity index (χ0n) is 28.4. The van der Waals surface area contributed by atoms with Crippen LogP contribution in [0.25, 0.3) is 6.08 Å². The van der Waals surface area contributed by atoms with E-state index in [1.54, 1.807) is 18.2 Å². The van der Waals surface area contributed by atoms with E-state index in [2.05, 4.69) is 15.1 Å². The number of carbonyl (C=O) groups is 1. The molecule has 3 aromatic carbocycles. The number of benzene rings is 3. The largest absolute Gasteiger partial charge is 0.504 e. The third kappa shape index (κ3) is 5.56. The number of aromatic hydroxyl groups is 1. The molecule has 13 heteroatoms. The molecular weight excluding hydrogens is 655 g/mol. The minimum Gasteiger partial charge on any atom is -0.504 e. The molecule has 0 radical (unpaired) electrons. The third-order valence-electron chi connectivity index (χ3n) is 10.5. The van der Waals surface area contributed by atoms with Gasteiger partial charge in [-0.05, 0) is 62.6 Å². The summed E-state index contributed by atoms with van der Waals surface area (Å²) in [6.45, 7) is 5.63. The first kappa shape index (κ1) is 34.2. The highest BCUT2D eigenvalue weighted by molar-refractivity contribution is 5.74. The van der Waals surface area contributed by atoms with Gasteiger partial charge in [-0.1, -0.05) is 30.4 Å². The lowest BCUT2D eigenvalue weighted by molar-refractivity contribution is -0.171. The summed E-state index contributed by atoms with van der Waals surface area (Å²) in [5, 5.41) is 27.3. The van der Waals surface area contributed by atoms with Crippen LogP contribution in [-0.4, -0.2) is 78.3 Å². The molecule has 4 heterocycles. The number of phenolic OH excluding ortho intramolecular Hbond substituents is 1. The van der Waals surface area contributed by atoms with E-state index in [1.165, 1.54) is 20.1 Å². The topological polar surface area (TPSA) is 113 Å². The molecule has 266 valence electrons. The number of alkyl halides is 3. The van der Waals surface area contributed by atoms with Crippen LogP contribution in [0.3, 0.4) is 0 Å². The van der Waals surface area contributed by atoms with Crippen LogP contribution in [0.15, 0.2) is 36.4 Å². The minimum atomic E-state index is -4.44. The van der Waals surface area contributed by atoms with Crippen molar-refractivity contribution in [3.63, 3.8) is 0 Å². The zero-order chi connectivity index (χ0) is 35.6. The number of nitrogens with one attached hydrogen (secondary N) is 1. The quantitative estimate of drug-likeness (QED) is 0.174. The van der Waals surface area contributed by atoms with Gasteiger partial charge in [-0.15, -0.1) is 0 Å². The van der Waals surface area contributed by atoms with Gasteiger partial charge in [0, 0.05) is 48.3 Å². The Morgan fingerprint density at radius 1 is 1.10 bits per heavy atom. The van der Waals surface area contributed by atoms with Crippen molar-refractivity contribution in [1.82, 2.24) is 15.1 Å². The number of fused-ring (bicyclic) bond motifs is 9. The SMILES string of the molecule is COc1c(C)cc2c(c1O)[C@@H]1C3Cc4c(OC(C)=O)c(C)c5c(c4[C@H](CNC/C=C/c4cccc(C(F)(F)F)c4)N3[C@@H](O)[C@H](C2)N1C)OCO5. The molecule has 0 amide bonds. The van der Waals surface area contributed by atoms with Gasteiger partial charge in [-0.2, -0.15) is 13.2 Å². The molecule has 2 bridgehead atoms. The van der Waals surface area contributed by atoms with Gasteiger partial charge < -0.3 is 34.5 Å². The Balaban J connectivity index is 1.30. The Kier molecular flexibility index (Phi) is 8.74. The standard InChI is InChI=1S/C37H40F3N3O7/c1-18-12-22-14-26-36(46)43-25(30(42(26)4)28(22)31(45)32(18)47-5)15-24-29(35-34(48-17-49-35)19(2)33(24)50-20(3)44)27(43)16-41-11-7-9-21-8-6-10-23(13-21)37(38,39)40/h6-10,12-13,25-27,30,36,41,45-46H,11,14-17H2,1-5H3/b9-7+/t25?,26-,27-,30-,36-/m0/s1. The molecule has 1 saturated heterocycles. The Bertz CT molecular complexity index is 1880. The van der Waals surface area contributed by atoms with Crippen LogP contribution >= 0.6 is 0 Å². The fraction of sp³-hybridized carbons (Fsp3) is 0.432. The Hall–Kier alpha value is -4.30. The number of hydrogen-bond donors (Lipinski definition) is 3. The number of aryl methyl sites for hydroxylation is 1. The van der Waals surface area contributed by atoms with Crippen molar-refractivity contribution < 1.29 is 47.1 Å². The number of hydrogen-bond acceptors (Lipinski definition) is 10. The first-order chi connectivity index (χ1) is 23.8. The number of aliphatic hydroxyl groups excluding tert-OH is 1. The highest BCUT2D eigenvalue weighted by Gasteiger charge is 2.56. The Labute approximate surface area is 288 Å². The number of phenols is 1. The van der Waals surface area contributed by atoms with Crippen molar-refractivity contribution >= 4 is 12.0 Å². The Morgan fingerprint density at radius 3 is 2.58 bits per heavy atom. The smallest absolute Gasteiger partial charge is 0.416 e. The summed E-state index contributed by atoms with van der Waals surface area (Å²) in [7, 11) is 3.47. The van der Waals surface area contributed by atoms with E-state index < -0.39 is 36.0 Å². The van der Waals surface area contributed by atoms with Gasteiger partial charge in [0.05, 0.1) is 30.8 Å². The second-order valence-electron chi connectivity index (χ2n) is 13.4. The summed E-state index contributed by atoms with van der Waals surface area (Å²) in [5.41, 5.74) is 4.28. The maximum atomic E-state index is 13.3. The second kappa shape index (κ2) is 12.8. The predicted octanol–water partition coefficient (Wildman–Crippen LogP) is 5.19. The van der Waals surface area contributed by atoms with Crippen LogP contribution in [0.5, 0.6) is 28.7 Å². The molecule has 0 aliphatic carbocycles. The number of esters is 1. The number of halogens is 3. The van der Waals surface area contributed by atoms with E-state index in [1.807, 2.05) is 27.0 Å². The number of carbonyl (C=O) groups excluding carboxylic acids is 1. The van der Waals surface area contributed by atoms with E-state index in [9.17, 15) is 28.2 Å². The Morgan fingerprint density at radius 2 is 1.86 bits per heavy atom. The van der Waals surface area contributed by atoms with E-state index in [4.69, 9.17) is 18.9 Å². The summed E-state index contributed by atoms with van der Waals surface area (Å²) in [5.74, 6) is 1.35. The van der Waals surface area contributed by atoms with Gasteiger partial charge in [0.1, 0.15) is 12.0 Å². The number of ether oxygens (including phenoxy) is 4. The molecule has 7 rings (SSSR count). The van der Waals surface area contributed by atoms with Crippen molar-refractivity contribution in [3.05, 3.63) is 80.9 Å². The molecule has 3 aromatic rings. The molecule has 10 nitrogen and oxygen atoms in total. The maximum Gasteiger partial charge on any atom is 0.416 e. The van der Waals surface area contributed by atoms with Crippen LogP contribution < -0.4 is 24.3 Å². The van der Waals surface area contributed by atoms with Crippen LogP contribution in [-0.2, 0) is 23.8 Å². The first-order valence-electron chi connectivity index (χ1n) is 16.6. The van der Waals surface area contributed by atoms with Gasteiger partial charge in [-0.3, -0.25) is 14.6 Å². The molecule has 4 aliphatic heterocycles. The first-order valence-corrected chi connectivity index (χ1v) is 16.6. The average Bonchev–Trinajstić information content (AvgIpc) is 3.55. The van der Waals surface area contributed by atoms with Crippen molar-refractivity contribution in [2.45, 2.75) is 70.2 Å². The zero-order valence-corrected chi connectivity index (χ0v) is 28.4. The predicted molar refractivity (Wildman–Crippen MR) is 177 cm³/mol. The monoisotopic (exact) mass is 695 g/mol. The number of piperazine rings is 1. The van der Waals surface area contributed by atoms with E-state index >= 15 is 0 Å².